The largest absolute Gasteiger partial charge is 0.497 e. The number of amides is 1. The van der Waals surface area contributed by atoms with Crippen molar-refractivity contribution < 1.29 is 9.53 Å². The molecule has 1 amide bonds. The van der Waals surface area contributed by atoms with Crippen molar-refractivity contribution in [3.63, 3.8) is 0 Å². The third-order valence-electron chi connectivity index (χ3n) is 5.08. The molecule has 6 heteroatoms. The van der Waals surface area contributed by atoms with E-state index < -0.39 is 0 Å². The maximum absolute atomic E-state index is 12.7. The predicted molar refractivity (Wildman–Crippen MR) is 95.6 cm³/mol. The van der Waals surface area contributed by atoms with Crippen LogP contribution < -0.4 is 10.1 Å². The van der Waals surface area contributed by atoms with Crippen molar-refractivity contribution in [1.29, 1.82) is 0 Å². The van der Waals surface area contributed by atoms with E-state index in [1.807, 2.05) is 24.3 Å². The monoisotopic (exact) mass is 340 g/mol. The highest BCUT2D eigenvalue weighted by molar-refractivity contribution is 5.99. The van der Waals surface area contributed by atoms with Crippen molar-refractivity contribution in [2.45, 2.75) is 25.3 Å². The lowest BCUT2D eigenvalue weighted by atomic mass is 10.1. The summed E-state index contributed by atoms with van der Waals surface area (Å²) >= 11 is 0. The van der Waals surface area contributed by atoms with E-state index in [-0.39, 0.29) is 11.9 Å². The van der Waals surface area contributed by atoms with Crippen LogP contribution in [0.15, 0.2) is 30.5 Å². The Morgan fingerprint density at radius 1 is 1.32 bits per heavy atom. The van der Waals surface area contributed by atoms with E-state index >= 15 is 0 Å². The first-order valence-corrected chi connectivity index (χ1v) is 8.94. The summed E-state index contributed by atoms with van der Waals surface area (Å²) in [4.78, 5) is 15.2. The predicted octanol–water partition coefficient (Wildman–Crippen LogP) is 2.30. The smallest absolute Gasteiger partial charge is 0.255 e. The van der Waals surface area contributed by atoms with Gasteiger partial charge in [0, 0.05) is 31.2 Å². The highest BCUT2D eigenvalue weighted by Gasteiger charge is 2.30. The Balaban J connectivity index is 1.41. The van der Waals surface area contributed by atoms with Gasteiger partial charge >= 0.3 is 0 Å². The average Bonchev–Trinajstić information content (AvgIpc) is 3.12. The van der Waals surface area contributed by atoms with Crippen molar-refractivity contribution in [3.05, 3.63) is 36.0 Å². The molecule has 0 spiro atoms. The Hall–Kier alpha value is -2.34. The molecule has 2 aliphatic rings. The van der Waals surface area contributed by atoms with Crippen LogP contribution in [0.2, 0.25) is 0 Å². The van der Waals surface area contributed by atoms with Crippen molar-refractivity contribution >= 4 is 5.91 Å². The van der Waals surface area contributed by atoms with Gasteiger partial charge in [-0.15, -0.1) is 0 Å². The molecule has 2 heterocycles. The Morgan fingerprint density at radius 2 is 2.12 bits per heavy atom. The van der Waals surface area contributed by atoms with Gasteiger partial charge in [-0.05, 0) is 49.4 Å². The van der Waals surface area contributed by atoms with Gasteiger partial charge in [-0.3, -0.25) is 9.89 Å². The highest BCUT2D eigenvalue weighted by Crippen LogP contribution is 2.31. The quantitative estimate of drug-likeness (QED) is 0.846. The van der Waals surface area contributed by atoms with Gasteiger partial charge < -0.3 is 15.0 Å². The molecule has 1 atom stereocenters. The minimum absolute atomic E-state index is 0.0576. The number of hydrogen-bond acceptors (Lipinski definition) is 4. The van der Waals surface area contributed by atoms with Crippen LogP contribution in [0.1, 0.15) is 29.6 Å². The first-order valence-electron chi connectivity index (χ1n) is 8.94. The number of aromatic nitrogens is 2. The van der Waals surface area contributed by atoms with E-state index in [4.69, 9.17) is 4.74 Å². The molecule has 1 unspecified atom stereocenters. The lowest BCUT2D eigenvalue weighted by molar-refractivity contribution is 0.0938. The number of likely N-dealkylation sites (tertiary alicyclic amines) is 1. The third kappa shape index (κ3) is 3.69. The summed E-state index contributed by atoms with van der Waals surface area (Å²) in [7, 11) is 1.64. The summed E-state index contributed by atoms with van der Waals surface area (Å²) in [5, 5.41) is 10.2. The molecule has 25 heavy (non-hydrogen) atoms. The minimum Gasteiger partial charge on any atom is -0.497 e. The fraction of sp³-hybridized carbons (Fsp3) is 0.474. The molecule has 0 bridgehead atoms. The van der Waals surface area contributed by atoms with Gasteiger partial charge in [-0.1, -0.05) is 0 Å². The van der Waals surface area contributed by atoms with E-state index in [0.29, 0.717) is 5.56 Å². The van der Waals surface area contributed by atoms with Gasteiger partial charge in [-0.2, -0.15) is 5.10 Å². The number of H-pyrrole nitrogens is 1. The molecule has 1 aromatic carbocycles. The molecule has 1 aromatic heterocycles. The highest BCUT2D eigenvalue weighted by atomic mass is 16.5. The molecule has 1 aliphatic heterocycles. The number of hydrogen-bond donors (Lipinski definition) is 2. The number of aromatic amines is 1. The molecular weight excluding hydrogens is 316 g/mol. The van der Waals surface area contributed by atoms with Crippen LogP contribution in [0.3, 0.4) is 0 Å². The van der Waals surface area contributed by atoms with Gasteiger partial charge in [0.15, 0.2) is 0 Å². The molecule has 132 valence electrons. The second kappa shape index (κ2) is 6.88. The average molecular weight is 340 g/mol. The lowest BCUT2D eigenvalue weighted by Crippen LogP contribution is -2.37. The fourth-order valence-electron chi connectivity index (χ4n) is 3.48. The zero-order chi connectivity index (χ0) is 17.2. The minimum atomic E-state index is -0.0576. The van der Waals surface area contributed by atoms with Crippen LogP contribution in [0.25, 0.3) is 11.3 Å². The number of benzene rings is 1. The number of nitrogens with zero attached hydrogens (tertiary/aromatic N) is 2. The fourth-order valence-corrected chi connectivity index (χ4v) is 3.48. The second-order valence-corrected chi connectivity index (χ2v) is 7.05. The Labute approximate surface area is 147 Å². The van der Waals surface area contributed by atoms with Gasteiger partial charge in [-0.25, -0.2) is 0 Å². The van der Waals surface area contributed by atoms with Crippen LogP contribution in [-0.2, 0) is 0 Å². The number of carbonyl (C=O) groups is 1. The van der Waals surface area contributed by atoms with Crippen LogP contribution in [0, 0.1) is 5.92 Å². The Kier molecular flexibility index (Phi) is 4.44. The summed E-state index contributed by atoms with van der Waals surface area (Å²) in [6.07, 6.45) is 5.36. The van der Waals surface area contributed by atoms with Gasteiger partial charge in [0.25, 0.3) is 5.91 Å². The molecular formula is C19H24N4O2. The third-order valence-corrected chi connectivity index (χ3v) is 5.08. The summed E-state index contributed by atoms with van der Waals surface area (Å²) in [5.41, 5.74) is 2.25. The van der Waals surface area contributed by atoms with Crippen molar-refractivity contribution in [1.82, 2.24) is 20.4 Å². The molecule has 1 saturated heterocycles. The van der Waals surface area contributed by atoms with Crippen LogP contribution in [0.5, 0.6) is 5.75 Å². The first-order chi connectivity index (χ1) is 12.2. The molecule has 2 N–H and O–H groups in total. The van der Waals surface area contributed by atoms with Crippen molar-refractivity contribution in [3.8, 4) is 17.0 Å². The van der Waals surface area contributed by atoms with Crippen molar-refractivity contribution in [2.75, 3.05) is 26.7 Å². The van der Waals surface area contributed by atoms with E-state index in [0.717, 1.165) is 42.4 Å². The maximum Gasteiger partial charge on any atom is 0.255 e. The van der Waals surface area contributed by atoms with E-state index in [9.17, 15) is 4.79 Å². The molecule has 6 nitrogen and oxygen atoms in total. The Bertz CT molecular complexity index is 736. The molecule has 2 aromatic rings. The lowest BCUT2D eigenvalue weighted by Gasteiger charge is -2.16. The van der Waals surface area contributed by atoms with Crippen LogP contribution in [-0.4, -0.2) is 53.8 Å². The molecule has 2 fully saturated rings. The zero-order valence-electron chi connectivity index (χ0n) is 14.5. The number of nitrogens with one attached hydrogen (secondary N) is 2. The summed E-state index contributed by atoms with van der Waals surface area (Å²) in [6, 6.07) is 7.84. The number of carbonyl (C=O) groups excluding carboxylic acids is 1. The molecule has 0 radical (unpaired) electrons. The van der Waals surface area contributed by atoms with E-state index in [1.54, 1.807) is 13.3 Å². The van der Waals surface area contributed by atoms with Crippen molar-refractivity contribution in [2.24, 2.45) is 5.92 Å². The summed E-state index contributed by atoms with van der Waals surface area (Å²) in [5.74, 6) is 1.62. The molecule has 4 rings (SSSR count). The SMILES string of the molecule is COc1ccc(-c2[nH]ncc2C(=O)NC2CCN(CC3CC3)C2)cc1. The van der Waals surface area contributed by atoms with Crippen LogP contribution in [0.4, 0.5) is 0 Å². The zero-order valence-corrected chi connectivity index (χ0v) is 14.5. The molecule has 1 saturated carbocycles. The first kappa shape index (κ1) is 16.1. The van der Waals surface area contributed by atoms with E-state index in [1.165, 1.54) is 19.4 Å². The number of methoxy groups -OCH3 is 1. The van der Waals surface area contributed by atoms with E-state index in [2.05, 4.69) is 20.4 Å². The van der Waals surface area contributed by atoms with Crippen LogP contribution >= 0.6 is 0 Å². The summed E-state index contributed by atoms with van der Waals surface area (Å²) in [6.45, 7) is 3.23. The number of rotatable bonds is 6. The van der Waals surface area contributed by atoms with Gasteiger partial charge in [0.1, 0.15) is 5.75 Å². The topological polar surface area (TPSA) is 70.2 Å². The van der Waals surface area contributed by atoms with Gasteiger partial charge in [0.2, 0.25) is 0 Å². The number of ether oxygens (including phenoxy) is 1. The van der Waals surface area contributed by atoms with Gasteiger partial charge in [0.05, 0.1) is 24.6 Å². The Morgan fingerprint density at radius 3 is 2.84 bits per heavy atom. The normalized spacial score (nSPS) is 20.6. The standard InChI is InChI=1S/C19H24N4O2/c1-25-16-6-4-14(5-7-16)18-17(10-20-22-18)19(24)21-15-8-9-23(12-15)11-13-2-3-13/h4-7,10,13,15H,2-3,8-9,11-12H2,1H3,(H,20,22)(H,21,24). The molecule has 1 aliphatic carbocycles. The summed E-state index contributed by atoms with van der Waals surface area (Å²) < 4.78 is 5.18. The maximum atomic E-state index is 12.7. The second-order valence-electron chi connectivity index (χ2n) is 7.05.